The summed E-state index contributed by atoms with van der Waals surface area (Å²) in [4.78, 5) is 16.5. The Labute approximate surface area is 153 Å². The molecule has 3 rings (SSSR count). The molecular formula is C20H25N3O3. The van der Waals surface area contributed by atoms with Gasteiger partial charge in [-0.15, -0.1) is 0 Å². The highest BCUT2D eigenvalue weighted by molar-refractivity contribution is 5.91. The van der Waals surface area contributed by atoms with E-state index in [9.17, 15) is 4.79 Å². The number of para-hydroxylation sites is 2. The van der Waals surface area contributed by atoms with Crippen molar-refractivity contribution in [1.29, 1.82) is 0 Å². The molecule has 1 saturated carbocycles. The summed E-state index contributed by atoms with van der Waals surface area (Å²) in [6.07, 6.45) is 5.46. The molecule has 0 unspecified atom stereocenters. The van der Waals surface area contributed by atoms with Crippen LogP contribution in [0.5, 0.6) is 11.6 Å². The van der Waals surface area contributed by atoms with Crippen LogP contribution in [0.4, 0.5) is 10.5 Å². The Morgan fingerprint density at radius 3 is 2.62 bits per heavy atom. The highest BCUT2D eigenvalue weighted by atomic mass is 16.5. The Hall–Kier alpha value is -2.76. The van der Waals surface area contributed by atoms with E-state index in [0.717, 1.165) is 25.7 Å². The van der Waals surface area contributed by atoms with Gasteiger partial charge in [0.15, 0.2) is 0 Å². The molecule has 1 aliphatic rings. The average Bonchev–Trinajstić information content (AvgIpc) is 2.66. The Morgan fingerprint density at radius 1 is 1.12 bits per heavy atom. The summed E-state index contributed by atoms with van der Waals surface area (Å²) in [5, 5.41) is 5.92. The van der Waals surface area contributed by atoms with Gasteiger partial charge >= 0.3 is 6.03 Å². The third-order valence-corrected chi connectivity index (χ3v) is 4.37. The van der Waals surface area contributed by atoms with Crippen molar-refractivity contribution in [1.82, 2.24) is 10.3 Å². The summed E-state index contributed by atoms with van der Waals surface area (Å²) in [5.74, 6) is 1.34. The number of carbonyl (C=O) groups is 1. The van der Waals surface area contributed by atoms with Crippen LogP contribution in [0.2, 0.25) is 0 Å². The number of ether oxygens (including phenoxy) is 2. The molecule has 2 aromatic rings. The van der Waals surface area contributed by atoms with Gasteiger partial charge in [-0.25, -0.2) is 9.78 Å². The first kappa shape index (κ1) is 18.0. The van der Waals surface area contributed by atoms with Crippen LogP contribution >= 0.6 is 0 Å². The summed E-state index contributed by atoms with van der Waals surface area (Å²) in [5.41, 5.74) is 0.680. The van der Waals surface area contributed by atoms with Gasteiger partial charge in [0.2, 0.25) is 5.88 Å². The standard InChI is InChI=1S/C20H25N3O3/c1-2-25-18-8-4-3-7-17(18)23-20(24)22-15-10-12-16(13-11-15)26-19-9-5-6-14-21-19/h3-9,14-16H,2,10-13H2,1H3,(H2,22,23,24). The second-order valence-electron chi connectivity index (χ2n) is 6.29. The minimum absolute atomic E-state index is 0.151. The van der Waals surface area contributed by atoms with Crippen LogP contribution in [0.25, 0.3) is 0 Å². The third kappa shape index (κ3) is 5.12. The largest absolute Gasteiger partial charge is 0.492 e. The van der Waals surface area contributed by atoms with Gasteiger partial charge in [-0.2, -0.15) is 0 Å². The third-order valence-electron chi connectivity index (χ3n) is 4.37. The van der Waals surface area contributed by atoms with Crippen molar-refractivity contribution >= 4 is 11.7 Å². The first-order valence-corrected chi connectivity index (χ1v) is 9.11. The fourth-order valence-electron chi connectivity index (χ4n) is 3.11. The number of aromatic nitrogens is 1. The summed E-state index contributed by atoms with van der Waals surface area (Å²) in [7, 11) is 0. The Morgan fingerprint density at radius 2 is 1.88 bits per heavy atom. The molecule has 26 heavy (non-hydrogen) atoms. The number of rotatable bonds is 6. The van der Waals surface area contributed by atoms with Crippen LogP contribution < -0.4 is 20.1 Å². The van der Waals surface area contributed by atoms with E-state index in [1.54, 1.807) is 6.20 Å². The van der Waals surface area contributed by atoms with Crippen molar-refractivity contribution in [3.8, 4) is 11.6 Å². The van der Waals surface area contributed by atoms with E-state index in [4.69, 9.17) is 9.47 Å². The van der Waals surface area contributed by atoms with E-state index < -0.39 is 0 Å². The number of amides is 2. The molecule has 2 amide bonds. The van der Waals surface area contributed by atoms with Crippen LogP contribution in [0.3, 0.4) is 0 Å². The van der Waals surface area contributed by atoms with Crippen LogP contribution in [0.1, 0.15) is 32.6 Å². The molecule has 2 N–H and O–H groups in total. The van der Waals surface area contributed by atoms with Crippen molar-refractivity contribution in [2.24, 2.45) is 0 Å². The molecule has 1 aromatic carbocycles. The molecule has 0 spiro atoms. The van der Waals surface area contributed by atoms with Crippen LogP contribution in [0.15, 0.2) is 48.7 Å². The minimum atomic E-state index is -0.203. The van der Waals surface area contributed by atoms with Crippen molar-refractivity contribution < 1.29 is 14.3 Å². The Kier molecular flexibility index (Phi) is 6.30. The fraction of sp³-hybridized carbons (Fsp3) is 0.400. The number of hydrogen-bond acceptors (Lipinski definition) is 4. The second-order valence-corrected chi connectivity index (χ2v) is 6.29. The van der Waals surface area contributed by atoms with E-state index >= 15 is 0 Å². The quantitative estimate of drug-likeness (QED) is 0.822. The fourth-order valence-corrected chi connectivity index (χ4v) is 3.11. The molecule has 6 nitrogen and oxygen atoms in total. The normalized spacial score (nSPS) is 19.4. The number of pyridine rings is 1. The van der Waals surface area contributed by atoms with Gasteiger partial charge < -0.3 is 20.1 Å². The molecule has 1 aromatic heterocycles. The van der Waals surface area contributed by atoms with Crippen LogP contribution in [-0.2, 0) is 0 Å². The maximum Gasteiger partial charge on any atom is 0.319 e. The highest BCUT2D eigenvalue weighted by Gasteiger charge is 2.24. The predicted octanol–water partition coefficient (Wildman–Crippen LogP) is 3.99. The molecule has 1 aliphatic carbocycles. The number of nitrogens with one attached hydrogen (secondary N) is 2. The summed E-state index contributed by atoms with van der Waals surface area (Å²) >= 11 is 0. The van der Waals surface area contributed by atoms with Gasteiger partial charge in [-0.1, -0.05) is 18.2 Å². The van der Waals surface area contributed by atoms with E-state index in [1.165, 1.54) is 0 Å². The van der Waals surface area contributed by atoms with E-state index in [1.807, 2.05) is 49.4 Å². The number of urea groups is 1. The van der Waals surface area contributed by atoms with Gasteiger partial charge in [-0.05, 0) is 50.8 Å². The van der Waals surface area contributed by atoms with Gasteiger partial charge in [0.1, 0.15) is 11.9 Å². The van der Waals surface area contributed by atoms with Gasteiger partial charge in [-0.3, -0.25) is 0 Å². The molecule has 1 fully saturated rings. The average molecular weight is 355 g/mol. The molecule has 0 radical (unpaired) electrons. The topological polar surface area (TPSA) is 72.5 Å². The lowest BCUT2D eigenvalue weighted by molar-refractivity contribution is 0.135. The smallest absolute Gasteiger partial charge is 0.319 e. The van der Waals surface area contributed by atoms with Crippen molar-refractivity contribution in [3.63, 3.8) is 0 Å². The van der Waals surface area contributed by atoms with Crippen LogP contribution in [0, 0.1) is 0 Å². The number of anilines is 1. The van der Waals surface area contributed by atoms with E-state index in [-0.39, 0.29) is 18.2 Å². The molecular weight excluding hydrogens is 330 g/mol. The summed E-state index contributed by atoms with van der Waals surface area (Å²) in [6, 6.07) is 13.0. The lowest BCUT2D eigenvalue weighted by Crippen LogP contribution is -2.41. The predicted molar refractivity (Wildman–Crippen MR) is 101 cm³/mol. The molecule has 1 heterocycles. The molecule has 0 saturated heterocycles. The van der Waals surface area contributed by atoms with Crippen molar-refractivity contribution in [3.05, 3.63) is 48.7 Å². The molecule has 0 bridgehead atoms. The molecule has 0 atom stereocenters. The van der Waals surface area contributed by atoms with E-state index in [2.05, 4.69) is 15.6 Å². The summed E-state index contributed by atoms with van der Waals surface area (Å²) < 4.78 is 11.4. The summed E-state index contributed by atoms with van der Waals surface area (Å²) in [6.45, 7) is 2.48. The lowest BCUT2D eigenvalue weighted by Gasteiger charge is -2.29. The number of nitrogens with zero attached hydrogens (tertiary/aromatic N) is 1. The molecule has 138 valence electrons. The number of benzene rings is 1. The van der Waals surface area contributed by atoms with Crippen LogP contribution in [-0.4, -0.2) is 29.8 Å². The zero-order chi connectivity index (χ0) is 18.2. The number of hydrogen-bond donors (Lipinski definition) is 2. The molecule has 6 heteroatoms. The maximum absolute atomic E-state index is 12.3. The zero-order valence-electron chi connectivity index (χ0n) is 15.0. The second kappa shape index (κ2) is 9.08. The van der Waals surface area contributed by atoms with Gasteiger partial charge in [0.25, 0.3) is 0 Å². The molecule has 0 aliphatic heterocycles. The van der Waals surface area contributed by atoms with Gasteiger partial charge in [0, 0.05) is 18.3 Å². The first-order chi connectivity index (χ1) is 12.7. The zero-order valence-corrected chi connectivity index (χ0v) is 15.0. The number of carbonyl (C=O) groups excluding carboxylic acids is 1. The van der Waals surface area contributed by atoms with Crippen molar-refractivity contribution in [2.75, 3.05) is 11.9 Å². The van der Waals surface area contributed by atoms with Gasteiger partial charge in [0.05, 0.1) is 12.3 Å². The van der Waals surface area contributed by atoms with E-state index in [0.29, 0.717) is 23.9 Å². The lowest BCUT2D eigenvalue weighted by atomic mass is 9.93. The Bertz CT molecular complexity index is 700. The SMILES string of the molecule is CCOc1ccccc1NC(=O)NC1CCC(Oc2ccccn2)CC1. The minimum Gasteiger partial charge on any atom is -0.492 e. The maximum atomic E-state index is 12.3. The first-order valence-electron chi connectivity index (χ1n) is 9.11. The Balaban J connectivity index is 1.45. The van der Waals surface area contributed by atoms with Crippen molar-refractivity contribution in [2.45, 2.75) is 44.8 Å². The monoisotopic (exact) mass is 355 g/mol. The highest BCUT2D eigenvalue weighted by Crippen LogP contribution is 2.25.